The first-order valence-electron chi connectivity index (χ1n) is 5.72. The summed E-state index contributed by atoms with van der Waals surface area (Å²) in [5.74, 6) is 1.18. The highest BCUT2D eigenvalue weighted by Crippen LogP contribution is 2.09. The van der Waals surface area contributed by atoms with Crippen LogP contribution in [0.1, 0.15) is 20.8 Å². The van der Waals surface area contributed by atoms with Crippen LogP contribution in [0.15, 0.2) is 9.59 Å². The molecule has 6 heteroatoms. The maximum atomic E-state index is 11.7. The van der Waals surface area contributed by atoms with Crippen LogP contribution in [0.2, 0.25) is 0 Å². The minimum absolute atomic E-state index is 0.224. The number of aromatic nitrogens is 3. The summed E-state index contributed by atoms with van der Waals surface area (Å²) in [6.45, 7) is 7.01. The molecule has 1 N–H and O–H groups in total. The van der Waals surface area contributed by atoms with Crippen molar-refractivity contribution in [3.05, 3.63) is 20.8 Å². The van der Waals surface area contributed by atoms with Crippen molar-refractivity contribution in [1.82, 2.24) is 14.3 Å². The van der Waals surface area contributed by atoms with E-state index >= 15 is 0 Å². The molecule has 0 aliphatic carbocycles. The Labute approximate surface area is 100 Å². The third-order valence-corrected chi connectivity index (χ3v) is 3.05. The van der Waals surface area contributed by atoms with Crippen LogP contribution in [-0.2, 0) is 14.1 Å². The number of hydrogen-bond acceptors (Lipinski definition) is 4. The van der Waals surface area contributed by atoms with Crippen molar-refractivity contribution in [2.24, 2.45) is 25.9 Å². The third-order valence-electron chi connectivity index (χ3n) is 3.05. The fourth-order valence-electron chi connectivity index (χ4n) is 1.30. The van der Waals surface area contributed by atoms with Gasteiger partial charge >= 0.3 is 5.69 Å². The fourth-order valence-corrected chi connectivity index (χ4v) is 1.30. The monoisotopic (exact) mass is 240 g/mol. The van der Waals surface area contributed by atoms with E-state index in [1.807, 2.05) is 0 Å². The Balaban J connectivity index is 2.94. The number of anilines is 1. The third kappa shape index (κ3) is 2.95. The van der Waals surface area contributed by atoms with Crippen molar-refractivity contribution in [3.8, 4) is 0 Å². The fraction of sp³-hybridized carbons (Fsp3) is 0.727. The first-order chi connectivity index (χ1) is 7.84. The average Bonchev–Trinajstić information content (AvgIpc) is 2.28. The molecule has 0 aliphatic heterocycles. The molecule has 0 spiro atoms. The van der Waals surface area contributed by atoms with Gasteiger partial charge in [-0.05, 0) is 11.8 Å². The Hall–Kier alpha value is -1.59. The van der Waals surface area contributed by atoms with Gasteiger partial charge in [-0.25, -0.2) is 9.48 Å². The van der Waals surface area contributed by atoms with Gasteiger partial charge in [0.05, 0.1) is 0 Å². The lowest BCUT2D eigenvalue weighted by Gasteiger charge is -2.16. The van der Waals surface area contributed by atoms with Gasteiger partial charge in [-0.15, -0.1) is 5.10 Å². The standard InChI is InChI=1S/C11H20N4O2/c1-7(2)8(3)6-12-9-10(16)14(4)11(17)15(5)13-9/h7-8H,6H2,1-5H3,(H,12,13). The smallest absolute Gasteiger partial charge is 0.346 e. The summed E-state index contributed by atoms with van der Waals surface area (Å²) < 4.78 is 2.21. The average molecular weight is 240 g/mol. The first kappa shape index (κ1) is 13.5. The maximum absolute atomic E-state index is 11.7. The van der Waals surface area contributed by atoms with Crippen LogP contribution in [0, 0.1) is 11.8 Å². The predicted molar refractivity (Wildman–Crippen MR) is 67.2 cm³/mol. The normalized spacial score (nSPS) is 12.8. The lowest BCUT2D eigenvalue weighted by atomic mass is 9.98. The second kappa shape index (κ2) is 5.16. The predicted octanol–water partition coefficient (Wildman–Crippen LogP) is 0.183. The summed E-state index contributed by atoms with van der Waals surface area (Å²) >= 11 is 0. The van der Waals surface area contributed by atoms with Gasteiger partial charge in [-0.1, -0.05) is 20.8 Å². The molecule has 1 heterocycles. The zero-order valence-electron chi connectivity index (χ0n) is 11.0. The van der Waals surface area contributed by atoms with Crippen molar-refractivity contribution in [1.29, 1.82) is 0 Å². The van der Waals surface area contributed by atoms with Crippen LogP contribution in [-0.4, -0.2) is 20.9 Å². The molecule has 0 amide bonds. The molecule has 1 aromatic heterocycles. The minimum Gasteiger partial charge on any atom is -0.364 e. The Morgan fingerprint density at radius 1 is 1.24 bits per heavy atom. The van der Waals surface area contributed by atoms with Gasteiger partial charge in [0.15, 0.2) is 0 Å². The summed E-state index contributed by atoms with van der Waals surface area (Å²) in [6.07, 6.45) is 0. The summed E-state index contributed by atoms with van der Waals surface area (Å²) in [6, 6.07) is 0. The van der Waals surface area contributed by atoms with E-state index in [0.717, 1.165) is 9.25 Å². The van der Waals surface area contributed by atoms with E-state index in [-0.39, 0.29) is 11.4 Å². The Morgan fingerprint density at radius 2 is 1.82 bits per heavy atom. The lowest BCUT2D eigenvalue weighted by Crippen LogP contribution is -2.40. The Morgan fingerprint density at radius 3 is 2.35 bits per heavy atom. The Bertz CT molecular complexity index is 501. The van der Waals surface area contributed by atoms with Crippen molar-refractivity contribution in [3.63, 3.8) is 0 Å². The molecule has 1 atom stereocenters. The van der Waals surface area contributed by atoms with E-state index in [9.17, 15) is 9.59 Å². The van der Waals surface area contributed by atoms with Crippen molar-refractivity contribution in [2.75, 3.05) is 11.9 Å². The first-order valence-corrected chi connectivity index (χ1v) is 5.72. The Kier molecular flexibility index (Phi) is 4.09. The molecule has 0 aromatic carbocycles. The molecule has 96 valence electrons. The van der Waals surface area contributed by atoms with Crippen molar-refractivity contribution >= 4 is 5.82 Å². The molecule has 6 nitrogen and oxygen atoms in total. The van der Waals surface area contributed by atoms with E-state index in [0.29, 0.717) is 18.4 Å². The molecule has 1 aromatic rings. The summed E-state index contributed by atoms with van der Waals surface area (Å²) in [5.41, 5.74) is -0.804. The molecule has 17 heavy (non-hydrogen) atoms. The van der Waals surface area contributed by atoms with Gasteiger partial charge in [-0.2, -0.15) is 0 Å². The van der Waals surface area contributed by atoms with Crippen LogP contribution in [0.5, 0.6) is 0 Å². The van der Waals surface area contributed by atoms with Crippen molar-refractivity contribution < 1.29 is 0 Å². The number of rotatable bonds is 4. The largest absolute Gasteiger partial charge is 0.364 e. The number of nitrogens with zero attached hydrogens (tertiary/aromatic N) is 3. The molecule has 1 rings (SSSR count). The molecule has 0 bridgehead atoms. The van der Waals surface area contributed by atoms with E-state index in [1.165, 1.54) is 14.1 Å². The second-order valence-electron chi connectivity index (χ2n) is 4.72. The highest BCUT2D eigenvalue weighted by molar-refractivity contribution is 5.29. The summed E-state index contributed by atoms with van der Waals surface area (Å²) in [7, 11) is 2.97. The van der Waals surface area contributed by atoms with Crippen LogP contribution in [0.3, 0.4) is 0 Å². The van der Waals surface area contributed by atoms with Gasteiger partial charge in [0.2, 0.25) is 5.82 Å². The molecular weight excluding hydrogens is 220 g/mol. The molecule has 0 saturated carbocycles. The molecule has 0 fully saturated rings. The van der Waals surface area contributed by atoms with Crippen LogP contribution in [0.25, 0.3) is 0 Å². The zero-order chi connectivity index (χ0) is 13.2. The zero-order valence-corrected chi connectivity index (χ0v) is 11.0. The van der Waals surface area contributed by atoms with Crippen LogP contribution < -0.4 is 16.6 Å². The van der Waals surface area contributed by atoms with Gasteiger partial charge in [0.1, 0.15) is 0 Å². The van der Waals surface area contributed by atoms with Crippen LogP contribution in [0.4, 0.5) is 5.82 Å². The highest BCUT2D eigenvalue weighted by Gasteiger charge is 2.11. The number of hydrogen-bond donors (Lipinski definition) is 1. The topological polar surface area (TPSA) is 68.9 Å². The molecular formula is C11H20N4O2. The summed E-state index contributed by atoms with van der Waals surface area (Å²) in [5, 5.41) is 6.92. The molecule has 0 radical (unpaired) electrons. The number of nitrogens with one attached hydrogen (secondary N) is 1. The second-order valence-corrected chi connectivity index (χ2v) is 4.72. The quantitative estimate of drug-likeness (QED) is 0.815. The maximum Gasteiger partial charge on any atom is 0.346 e. The highest BCUT2D eigenvalue weighted by atomic mass is 16.2. The van der Waals surface area contributed by atoms with E-state index in [2.05, 4.69) is 31.2 Å². The molecule has 0 aliphatic rings. The van der Waals surface area contributed by atoms with Gasteiger partial charge in [-0.3, -0.25) is 9.36 Å². The number of aryl methyl sites for hydroxylation is 1. The van der Waals surface area contributed by atoms with E-state index in [1.54, 1.807) is 0 Å². The SMILES string of the molecule is CC(C)C(C)CNc1nn(C)c(=O)n(C)c1=O. The van der Waals surface area contributed by atoms with Gasteiger partial charge in [0.25, 0.3) is 5.56 Å². The van der Waals surface area contributed by atoms with Gasteiger partial charge in [0, 0.05) is 20.6 Å². The molecule has 1 unspecified atom stereocenters. The van der Waals surface area contributed by atoms with E-state index in [4.69, 9.17) is 0 Å². The van der Waals surface area contributed by atoms with Crippen molar-refractivity contribution in [2.45, 2.75) is 20.8 Å². The lowest BCUT2D eigenvalue weighted by molar-refractivity contribution is 0.438. The summed E-state index contributed by atoms with van der Waals surface area (Å²) in [4.78, 5) is 23.2. The van der Waals surface area contributed by atoms with Crippen LogP contribution >= 0.6 is 0 Å². The molecule has 0 saturated heterocycles. The minimum atomic E-state index is -0.419. The van der Waals surface area contributed by atoms with Gasteiger partial charge < -0.3 is 5.32 Å². The van der Waals surface area contributed by atoms with E-state index < -0.39 is 5.69 Å².